The zero-order valence-electron chi connectivity index (χ0n) is 23.7. The van der Waals surface area contributed by atoms with Crippen LogP contribution in [0.2, 0.25) is 0 Å². The summed E-state index contributed by atoms with van der Waals surface area (Å²) < 4.78 is 5.65. The molecule has 6 rings (SSSR count). The molecule has 2 aliphatic rings. The molecule has 0 unspecified atom stereocenters. The first-order valence-electron chi connectivity index (χ1n) is 14.5. The van der Waals surface area contributed by atoms with Gasteiger partial charge in [-0.15, -0.1) is 0 Å². The van der Waals surface area contributed by atoms with Gasteiger partial charge < -0.3 is 24.9 Å². The highest BCUT2D eigenvalue weighted by Crippen LogP contribution is 2.35. The van der Waals surface area contributed by atoms with Crippen LogP contribution in [0.5, 0.6) is 0 Å². The normalized spacial score (nSPS) is 15.4. The quantitative estimate of drug-likeness (QED) is 0.287. The van der Waals surface area contributed by atoms with E-state index in [9.17, 15) is 9.59 Å². The lowest BCUT2D eigenvalue weighted by Gasteiger charge is -2.37. The number of ether oxygens (including phenoxy) is 1. The molecule has 1 aliphatic carbocycles. The molecule has 1 aliphatic heterocycles. The first kappa shape index (κ1) is 26.4. The molecule has 1 amide bonds. The fourth-order valence-corrected chi connectivity index (χ4v) is 6.65. The second kappa shape index (κ2) is 11.0. The highest BCUT2D eigenvalue weighted by atomic mass is 16.5. The van der Waals surface area contributed by atoms with Gasteiger partial charge in [-0.25, -0.2) is 0 Å². The minimum absolute atomic E-state index is 0.0962. The van der Waals surface area contributed by atoms with Gasteiger partial charge in [-0.05, 0) is 116 Å². The van der Waals surface area contributed by atoms with Crippen molar-refractivity contribution < 1.29 is 9.53 Å². The Morgan fingerprint density at radius 3 is 2.65 bits per heavy atom. The van der Waals surface area contributed by atoms with Crippen molar-refractivity contribution in [2.45, 2.75) is 65.5 Å². The van der Waals surface area contributed by atoms with Crippen LogP contribution in [0.15, 0.2) is 47.4 Å². The van der Waals surface area contributed by atoms with Gasteiger partial charge in [0.15, 0.2) is 0 Å². The highest BCUT2D eigenvalue weighted by molar-refractivity contribution is 5.99. The third-order valence-electron chi connectivity index (χ3n) is 8.83. The monoisotopic (exact) mass is 538 g/mol. The van der Waals surface area contributed by atoms with E-state index in [-0.39, 0.29) is 18.0 Å². The second-order valence-electron chi connectivity index (χ2n) is 11.1. The minimum Gasteiger partial charge on any atom is -0.381 e. The van der Waals surface area contributed by atoms with Crippen molar-refractivity contribution in [2.24, 2.45) is 0 Å². The number of H-pyrrole nitrogens is 2. The number of anilines is 1. The fourth-order valence-electron chi connectivity index (χ4n) is 6.65. The van der Waals surface area contributed by atoms with E-state index in [1.54, 1.807) is 0 Å². The van der Waals surface area contributed by atoms with E-state index in [1.807, 2.05) is 26.1 Å². The smallest absolute Gasteiger partial charge is 0.253 e. The molecule has 40 heavy (non-hydrogen) atoms. The van der Waals surface area contributed by atoms with Crippen LogP contribution >= 0.6 is 0 Å². The van der Waals surface area contributed by atoms with Crippen molar-refractivity contribution in [3.05, 3.63) is 86.5 Å². The topological polar surface area (TPSA) is 90.2 Å². The molecular formula is C33H38N4O3. The summed E-state index contributed by atoms with van der Waals surface area (Å²) in [4.78, 5) is 35.4. The summed E-state index contributed by atoms with van der Waals surface area (Å²) in [5.41, 5.74) is 9.75. The number of nitrogens with one attached hydrogen (secondary N) is 3. The van der Waals surface area contributed by atoms with Crippen LogP contribution in [0.3, 0.4) is 0 Å². The Kier molecular flexibility index (Phi) is 7.24. The van der Waals surface area contributed by atoms with Gasteiger partial charge in [0.2, 0.25) is 0 Å². The van der Waals surface area contributed by atoms with E-state index in [0.29, 0.717) is 17.2 Å². The van der Waals surface area contributed by atoms with Crippen LogP contribution in [0, 0.1) is 13.8 Å². The summed E-state index contributed by atoms with van der Waals surface area (Å²) in [6, 6.07) is 13.0. The number of carbonyl (C=O) groups is 1. The number of rotatable bonds is 7. The first-order valence-corrected chi connectivity index (χ1v) is 14.5. The van der Waals surface area contributed by atoms with Gasteiger partial charge in [-0.1, -0.05) is 6.07 Å². The van der Waals surface area contributed by atoms with Gasteiger partial charge >= 0.3 is 0 Å². The van der Waals surface area contributed by atoms with Gasteiger partial charge in [0.1, 0.15) is 0 Å². The third-order valence-corrected chi connectivity index (χ3v) is 8.83. The van der Waals surface area contributed by atoms with Crippen molar-refractivity contribution in [2.75, 3.05) is 24.7 Å². The zero-order valence-corrected chi connectivity index (χ0v) is 23.7. The first-order chi connectivity index (χ1) is 19.4. The number of aryl methyl sites for hydroxylation is 1. The van der Waals surface area contributed by atoms with Crippen LogP contribution in [0.4, 0.5) is 5.69 Å². The molecule has 1 fully saturated rings. The average Bonchev–Trinajstić information content (AvgIpc) is 3.64. The lowest BCUT2D eigenvalue weighted by Crippen LogP contribution is -2.40. The largest absolute Gasteiger partial charge is 0.381 e. The van der Waals surface area contributed by atoms with Crippen molar-refractivity contribution in [3.8, 4) is 11.1 Å². The predicted octanol–water partition coefficient (Wildman–Crippen LogP) is 5.56. The number of aromatic nitrogens is 2. The van der Waals surface area contributed by atoms with Crippen molar-refractivity contribution in [3.63, 3.8) is 0 Å². The van der Waals surface area contributed by atoms with E-state index in [4.69, 9.17) is 4.74 Å². The zero-order chi connectivity index (χ0) is 27.8. The Balaban J connectivity index is 1.39. The Morgan fingerprint density at radius 2 is 1.85 bits per heavy atom. The molecule has 2 aromatic carbocycles. The Bertz CT molecular complexity index is 1630. The summed E-state index contributed by atoms with van der Waals surface area (Å²) in [6.07, 6.45) is 6.80. The van der Waals surface area contributed by atoms with Crippen molar-refractivity contribution >= 4 is 22.5 Å². The molecule has 1 saturated heterocycles. The molecule has 7 heteroatoms. The van der Waals surface area contributed by atoms with Gasteiger partial charge in [-0.3, -0.25) is 9.59 Å². The number of nitrogens with zero attached hydrogens (tertiary/aromatic N) is 1. The molecule has 3 heterocycles. The number of benzene rings is 2. The van der Waals surface area contributed by atoms with Gasteiger partial charge in [0.05, 0.1) is 0 Å². The molecule has 4 aromatic rings. The summed E-state index contributed by atoms with van der Waals surface area (Å²) in [5.74, 6) is -0.155. The predicted molar refractivity (Wildman–Crippen MR) is 160 cm³/mol. The maximum absolute atomic E-state index is 13.8. The Morgan fingerprint density at radius 1 is 1.05 bits per heavy atom. The van der Waals surface area contributed by atoms with E-state index >= 15 is 0 Å². The standard InChI is InChI=1S/C33H38N4O3/c1-4-37(25-11-14-40-15-12-25)31-18-24(22-8-9-30-23(16-22)10-13-34-30)17-28(20(31)2)32(38)35-19-29-27-7-5-6-26(27)21(3)36-33(29)39/h8-10,13,16-18,25,34H,4-7,11-12,14-15,19H2,1-3H3,(H,35,38)(H,36,39). The fraction of sp³-hybridized carbons (Fsp3) is 0.394. The third kappa shape index (κ3) is 4.83. The van der Waals surface area contributed by atoms with Crippen LogP contribution in [-0.2, 0) is 24.1 Å². The molecule has 0 radical (unpaired) electrons. The van der Waals surface area contributed by atoms with Crippen molar-refractivity contribution in [1.29, 1.82) is 0 Å². The Labute approximate surface area is 234 Å². The maximum Gasteiger partial charge on any atom is 0.253 e. The van der Waals surface area contributed by atoms with Gasteiger partial charge in [0, 0.05) is 66.6 Å². The summed E-state index contributed by atoms with van der Waals surface area (Å²) in [7, 11) is 0. The summed E-state index contributed by atoms with van der Waals surface area (Å²) >= 11 is 0. The van der Waals surface area contributed by atoms with Crippen LogP contribution < -0.4 is 15.8 Å². The van der Waals surface area contributed by atoms with E-state index < -0.39 is 0 Å². The van der Waals surface area contributed by atoms with Crippen molar-refractivity contribution in [1.82, 2.24) is 15.3 Å². The molecule has 0 saturated carbocycles. The number of aromatic amines is 2. The van der Waals surface area contributed by atoms with Crippen LogP contribution in [0.1, 0.15) is 64.5 Å². The number of amides is 1. The summed E-state index contributed by atoms with van der Waals surface area (Å²) in [5, 5.41) is 4.25. The van der Waals surface area contributed by atoms with E-state index in [2.05, 4.69) is 57.4 Å². The molecule has 208 valence electrons. The lowest BCUT2D eigenvalue weighted by atomic mass is 9.94. The van der Waals surface area contributed by atoms with Crippen LogP contribution in [-0.4, -0.2) is 41.7 Å². The average molecular weight is 539 g/mol. The second-order valence-corrected chi connectivity index (χ2v) is 11.1. The number of carbonyl (C=O) groups excluding carboxylic acids is 1. The number of hydrogen-bond donors (Lipinski definition) is 3. The van der Waals surface area contributed by atoms with E-state index in [0.717, 1.165) is 96.4 Å². The van der Waals surface area contributed by atoms with Gasteiger partial charge in [-0.2, -0.15) is 0 Å². The molecule has 2 aromatic heterocycles. The maximum atomic E-state index is 13.8. The number of pyridine rings is 1. The molecule has 3 N–H and O–H groups in total. The Hall–Kier alpha value is -3.84. The highest BCUT2D eigenvalue weighted by Gasteiger charge is 2.26. The number of fused-ring (bicyclic) bond motifs is 2. The molecular weight excluding hydrogens is 500 g/mol. The molecule has 0 atom stereocenters. The molecule has 0 bridgehead atoms. The summed E-state index contributed by atoms with van der Waals surface area (Å²) in [6.45, 7) is 8.77. The lowest BCUT2D eigenvalue weighted by molar-refractivity contribution is 0.0846. The van der Waals surface area contributed by atoms with Crippen LogP contribution in [0.25, 0.3) is 22.0 Å². The van der Waals surface area contributed by atoms with E-state index in [1.165, 1.54) is 5.56 Å². The van der Waals surface area contributed by atoms with Gasteiger partial charge in [0.25, 0.3) is 11.5 Å². The number of hydrogen-bond acceptors (Lipinski definition) is 4. The minimum atomic E-state index is -0.155. The molecule has 0 spiro atoms. The SMILES string of the molecule is CCN(c1cc(-c2ccc3[nH]ccc3c2)cc(C(=O)NCc2c3c(c(C)[nH]c2=O)CCC3)c1C)C1CCOCC1. The molecule has 7 nitrogen and oxygen atoms in total.